The normalized spacial score (nSPS) is 10.4. The number of nitrogens with zero attached hydrogens (tertiary/aromatic N) is 1. The lowest BCUT2D eigenvalue weighted by molar-refractivity contribution is -0.384. The summed E-state index contributed by atoms with van der Waals surface area (Å²) in [6, 6.07) is 14.3. The average Bonchev–Trinajstić information content (AvgIpc) is 2.62. The monoisotopic (exact) mass is 455 g/mol. The quantitative estimate of drug-likeness (QED) is 0.191. The zero-order chi connectivity index (χ0) is 17.9. The van der Waals surface area contributed by atoms with Gasteiger partial charge in [0.15, 0.2) is 0 Å². The van der Waals surface area contributed by atoms with Gasteiger partial charge in [0, 0.05) is 15.7 Å². The standard InChI is InChI=1S/C19H22INO4/c20-16-6-10-18(11-7-16)24-14-4-2-1-3-5-15-25-19-12-8-17(9-13-19)21(22)23/h6-13H,1-5,14-15H2. The van der Waals surface area contributed by atoms with Crippen molar-refractivity contribution >= 4 is 28.3 Å². The molecule has 0 saturated carbocycles. The van der Waals surface area contributed by atoms with E-state index in [2.05, 4.69) is 22.6 Å². The number of benzene rings is 2. The van der Waals surface area contributed by atoms with Crippen molar-refractivity contribution in [2.45, 2.75) is 32.1 Å². The largest absolute Gasteiger partial charge is 0.494 e. The van der Waals surface area contributed by atoms with Crippen LogP contribution in [0, 0.1) is 13.7 Å². The van der Waals surface area contributed by atoms with Crippen LogP contribution in [0.5, 0.6) is 11.5 Å². The smallest absolute Gasteiger partial charge is 0.269 e. The summed E-state index contributed by atoms with van der Waals surface area (Å²) >= 11 is 2.28. The molecule has 0 aromatic heterocycles. The van der Waals surface area contributed by atoms with E-state index in [9.17, 15) is 10.1 Å². The van der Waals surface area contributed by atoms with Crippen LogP contribution >= 0.6 is 22.6 Å². The van der Waals surface area contributed by atoms with Crippen molar-refractivity contribution in [3.63, 3.8) is 0 Å². The molecule has 0 heterocycles. The van der Waals surface area contributed by atoms with E-state index in [1.807, 2.05) is 24.3 Å². The van der Waals surface area contributed by atoms with Crippen LogP contribution in [0.2, 0.25) is 0 Å². The Morgan fingerprint density at radius 2 is 1.20 bits per heavy atom. The molecule has 134 valence electrons. The number of hydrogen-bond acceptors (Lipinski definition) is 4. The second-order valence-corrected chi connectivity index (χ2v) is 6.92. The lowest BCUT2D eigenvalue weighted by Gasteiger charge is -2.07. The van der Waals surface area contributed by atoms with Gasteiger partial charge in [0.1, 0.15) is 11.5 Å². The van der Waals surface area contributed by atoms with E-state index in [4.69, 9.17) is 9.47 Å². The summed E-state index contributed by atoms with van der Waals surface area (Å²) in [4.78, 5) is 10.2. The number of nitro groups is 1. The van der Waals surface area contributed by atoms with Crippen molar-refractivity contribution in [1.82, 2.24) is 0 Å². The van der Waals surface area contributed by atoms with Crippen molar-refractivity contribution in [2.75, 3.05) is 13.2 Å². The van der Waals surface area contributed by atoms with Crippen LogP contribution in [-0.4, -0.2) is 18.1 Å². The fourth-order valence-electron chi connectivity index (χ4n) is 2.31. The third kappa shape index (κ3) is 7.72. The molecule has 0 unspecified atom stereocenters. The Morgan fingerprint density at radius 3 is 1.68 bits per heavy atom. The van der Waals surface area contributed by atoms with E-state index in [-0.39, 0.29) is 5.69 Å². The first kappa shape index (κ1) is 19.5. The zero-order valence-corrected chi connectivity index (χ0v) is 16.2. The Morgan fingerprint density at radius 1 is 0.760 bits per heavy atom. The molecule has 0 spiro atoms. The predicted octanol–water partition coefficient (Wildman–Crippen LogP) is 5.61. The number of nitro benzene ring substituents is 1. The maximum atomic E-state index is 10.6. The molecule has 5 nitrogen and oxygen atoms in total. The molecular formula is C19H22INO4. The molecule has 0 radical (unpaired) electrons. The summed E-state index contributed by atoms with van der Waals surface area (Å²) < 4.78 is 12.5. The van der Waals surface area contributed by atoms with Gasteiger partial charge in [0.2, 0.25) is 0 Å². The molecule has 25 heavy (non-hydrogen) atoms. The van der Waals surface area contributed by atoms with E-state index in [0.717, 1.165) is 44.5 Å². The van der Waals surface area contributed by atoms with E-state index in [1.165, 1.54) is 15.7 Å². The molecule has 0 N–H and O–H groups in total. The highest BCUT2D eigenvalue weighted by molar-refractivity contribution is 14.1. The highest BCUT2D eigenvalue weighted by Crippen LogP contribution is 2.18. The van der Waals surface area contributed by atoms with Gasteiger partial charge in [-0.2, -0.15) is 0 Å². The van der Waals surface area contributed by atoms with Gasteiger partial charge in [0.05, 0.1) is 18.1 Å². The maximum absolute atomic E-state index is 10.6. The minimum atomic E-state index is -0.411. The zero-order valence-electron chi connectivity index (χ0n) is 14.0. The van der Waals surface area contributed by atoms with Crippen LogP contribution in [0.15, 0.2) is 48.5 Å². The number of non-ortho nitro benzene ring substituents is 1. The Hall–Kier alpha value is -1.83. The summed E-state index contributed by atoms with van der Waals surface area (Å²) in [5.74, 6) is 1.61. The molecule has 0 saturated heterocycles. The van der Waals surface area contributed by atoms with Crippen LogP contribution in [-0.2, 0) is 0 Å². The average molecular weight is 455 g/mol. The van der Waals surface area contributed by atoms with Gasteiger partial charge in [-0.1, -0.05) is 19.3 Å². The molecule has 2 rings (SSSR count). The fourth-order valence-corrected chi connectivity index (χ4v) is 2.67. The Kier molecular flexibility index (Phi) is 8.51. The van der Waals surface area contributed by atoms with Crippen molar-refractivity contribution in [3.05, 3.63) is 62.2 Å². The molecule has 0 atom stereocenters. The van der Waals surface area contributed by atoms with E-state index < -0.39 is 4.92 Å². The number of ether oxygens (including phenoxy) is 2. The van der Waals surface area contributed by atoms with Crippen molar-refractivity contribution in [1.29, 1.82) is 0 Å². The molecule has 0 aliphatic heterocycles. The van der Waals surface area contributed by atoms with Crippen molar-refractivity contribution < 1.29 is 14.4 Å². The van der Waals surface area contributed by atoms with Crippen molar-refractivity contribution in [2.24, 2.45) is 0 Å². The first-order chi connectivity index (χ1) is 12.1. The molecule has 6 heteroatoms. The fraction of sp³-hybridized carbons (Fsp3) is 0.368. The predicted molar refractivity (Wildman–Crippen MR) is 106 cm³/mol. The van der Waals surface area contributed by atoms with Gasteiger partial charge in [-0.25, -0.2) is 0 Å². The minimum absolute atomic E-state index is 0.0832. The van der Waals surface area contributed by atoms with Gasteiger partial charge >= 0.3 is 0 Å². The van der Waals surface area contributed by atoms with Crippen LogP contribution < -0.4 is 9.47 Å². The molecule has 0 amide bonds. The van der Waals surface area contributed by atoms with Crippen LogP contribution in [0.4, 0.5) is 5.69 Å². The summed E-state index contributed by atoms with van der Waals surface area (Å²) in [6.07, 6.45) is 5.43. The molecule has 0 fully saturated rings. The highest BCUT2D eigenvalue weighted by Gasteiger charge is 2.04. The summed E-state index contributed by atoms with van der Waals surface area (Å²) in [7, 11) is 0. The minimum Gasteiger partial charge on any atom is -0.494 e. The first-order valence-corrected chi connectivity index (χ1v) is 9.48. The third-order valence-corrected chi connectivity index (χ3v) is 4.41. The van der Waals surface area contributed by atoms with Gasteiger partial charge < -0.3 is 9.47 Å². The molecular weight excluding hydrogens is 433 g/mol. The molecule has 2 aromatic rings. The summed E-state index contributed by atoms with van der Waals surface area (Å²) in [6.45, 7) is 1.39. The second kappa shape index (κ2) is 10.9. The first-order valence-electron chi connectivity index (χ1n) is 8.41. The van der Waals surface area contributed by atoms with E-state index in [0.29, 0.717) is 12.4 Å². The van der Waals surface area contributed by atoms with E-state index in [1.54, 1.807) is 12.1 Å². The van der Waals surface area contributed by atoms with Crippen LogP contribution in [0.1, 0.15) is 32.1 Å². The third-order valence-electron chi connectivity index (χ3n) is 3.69. The summed E-state index contributed by atoms with van der Waals surface area (Å²) in [5, 5.41) is 10.6. The lowest BCUT2D eigenvalue weighted by Crippen LogP contribution is -1.99. The van der Waals surface area contributed by atoms with Crippen molar-refractivity contribution in [3.8, 4) is 11.5 Å². The number of rotatable bonds is 11. The van der Waals surface area contributed by atoms with Gasteiger partial charge in [-0.15, -0.1) is 0 Å². The molecule has 0 bridgehead atoms. The van der Waals surface area contributed by atoms with Crippen LogP contribution in [0.3, 0.4) is 0 Å². The molecule has 2 aromatic carbocycles. The topological polar surface area (TPSA) is 61.6 Å². The second-order valence-electron chi connectivity index (χ2n) is 5.67. The van der Waals surface area contributed by atoms with Crippen LogP contribution in [0.25, 0.3) is 0 Å². The number of halogens is 1. The lowest BCUT2D eigenvalue weighted by atomic mass is 10.1. The molecule has 0 aliphatic rings. The van der Waals surface area contributed by atoms with Gasteiger partial charge in [-0.05, 0) is 71.8 Å². The number of hydrogen-bond donors (Lipinski definition) is 0. The van der Waals surface area contributed by atoms with Gasteiger partial charge in [-0.3, -0.25) is 10.1 Å². The Labute approximate surface area is 161 Å². The Bertz CT molecular complexity index is 643. The van der Waals surface area contributed by atoms with Gasteiger partial charge in [0.25, 0.3) is 5.69 Å². The molecule has 0 aliphatic carbocycles. The Balaban J connectivity index is 1.46. The van der Waals surface area contributed by atoms with E-state index >= 15 is 0 Å². The summed E-state index contributed by atoms with van der Waals surface area (Å²) in [5.41, 5.74) is 0.0832. The number of unbranched alkanes of at least 4 members (excludes halogenated alkanes) is 4. The highest BCUT2D eigenvalue weighted by atomic mass is 127. The SMILES string of the molecule is O=[N+]([O-])c1ccc(OCCCCCCCOc2ccc(I)cc2)cc1. The maximum Gasteiger partial charge on any atom is 0.269 e.